The molecule has 2 heteroatoms. The highest BCUT2D eigenvalue weighted by Crippen LogP contribution is 2.44. The second-order valence-corrected chi connectivity index (χ2v) is 14.1. The molecule has 0 saturated carbocycles. The van der Waals surface area contributed by atoms with E-state index in [0.29, 0.717) is 50.1 Å². The maximum absolute atomic E-state index is 9.26. The number of hydrogen-bond acceptors (Lipinski definition) is 2. The zero-order chi connectivity index (χ0) is 53.8. The van der Waals surface area contributed by atoms with Gasteiger partial charge in [-0.05, 0) is 121 Å². The van der Waals surface area contributed by atoms with Gasteiger partial charge in [-0.2, -0.15) is 0 Å². The van der Waals surface area contributed by atoms with Crippen LogP contribution >= 0.6 is 0 Å². The van der Waals surface area contributed by atoms with Crippen molar-refractivity contribution in [1.29, 1.82) is 0 Å². The molecule has 0 fully saturated rings. The van der Waals surface area contributed by atoms with E-state index in [1.165, 1.54) is 6.07 Å². The summed E-state index contributed by atoms with van der Waals surface area (Å²) >= 11 is 0. The van der Waals surface area contributed by atoms with E-state index < -0.39 is 36.3 Å². The summed E-state index contributed by atoms with van der Waals surface area (Å²) < 4.78 is 143. The third-order valence-corrected chi connectivity index (χ3v) is 10.6. The van der Waals surface area contributed by atoms with E-state index in [2.05, 4.69) is 0 Å². The fourth-order valence-electron chi connectivity index (χ4n) is 7.70. The van der Waals surface area contributed by atoms with Gasteiger partial charge in [-0.15, -0.1) is 0 Å². The quantitative estimate of drug-likeness (QED) is 0.153. The van der Waals surface area contributed by atoms with Gasteiger partial charge in [0.15, 0.2) is 0 Å². The Kier molecular flexibility index (Phi) is 5.61. The van der Waals surface area contributed by atoms with Crippen molar-refractivity contribution in [3.05, 3.63) is 236 Å². The first-order valence-electron chi connectivity index (χ1n) is 27.2. The van der Waals surface area contributed by atoms with E-state index >= 15 is 0 Å². The minimum Gasteiger partial charge on any atom is -0.456 e. The molecule has 0 unspecified atom stereocenters. The molecule has 0 aliphatic carbocycles. The Morgan fingerprint density at radius 1 is 0.350 bits per heavy atom. The molecule has 0 spiro atoms. The zero-order valence-corrected chi connectivity index (χ0v) is 31.6. The molecule has 0 amide bonds. The number of furan rings is 1. The predicted molar refractivity (Wildman–Crippen MR) is 253 cm³/mol. The average Bonchev–Trinajstić information content (AvgIpc) is 3.82. The Balaban J connectivity index is 1.04. The summed E-state index contributed by atoms with van der Waals surface area (Å²) in [6.45, 7) is 0. The van der Waals surface area contributed by atoms with Crippen LogP contribution in [0.25, 0.3) is 88.3 Å². The minimum absolute atomic E-state index is 0.0169. The van der Waals surface area contributed by atoms with Crippen molar-refractivity contribution < 1.29 is 26.3 Å². The number of nitrogens with zero attached hydrogens (tertiary/aromatic N) is 1. The first-order valence-corrected chi connectivity index (χ1v) is 19.2. The van der Waals surface area contributed by atoms with Gasteiger partial charge in [-0.3, -0.25) is 0 Å². The van der Waals surface area contributed by atoms with E-state index in [-0.39, 0.29) is 93.5 Å². The summed E-state index contributed by atoms with van der Waals surface area (Å²) in [6.07, 6.45) is 0. The molecule has 0 radical (unpaired) electrons. The molecule has 10 aromatic carbocycles. The number of para-hydroxylation sites is 1. The first kappa shape index (κ1) is 22.3. The van der Waals surface area contributed by atoms with E-state index in [0.717, 1.165) is 22.3 Å². The highest BCUT2D eigenvalue weighted by molar-refractivity contribution is 6.19. The first-order chi connectivity index (χ1) is 36.4. The summed E-state index contributed by atoms with van der Waals surface area (Å²) in [5, 5.41) is 1.11. The third-order valence-electron chi connectivity index (χ3n) is 10.6. The van der Waals surface area contributed by atoms with Crippen LogP contribution in [0.1, 0.15) is 21.9 Å². The number of rotatable bonds is 8. The lowest BCUT2D eigenvalue weighted by Crippen LogP contribution is -2.11. The van der Waals surface area contributed by atoms with Crippen molar-refractivity contribution in [2.45, 2.75) is 0 Å². The summed E-state index contributed by atoms with van der Waals surface area (Å²) in [4.78, 5) is 1.98. The lowest BCUT2D eigenvalue weighted by Gasteiger charge is -2.29. The van der Waals surface area contributed by atoms with Crippen molar-refractivity contribution in [1.82, 2.24) is 0 Å². The smallest absolute Gasteiger partial charge is 0.136 e. The van der Waals surface area contributed by atoms with E-state index in [4.69, 9.17) is 25.0 Å². The molecule has 0 N–H and O–H groups in total. The molecule has 11 rings (SSSR count). The van der Waals surface area contributed by atoms with Crippen LogP contribution in [-0.4, -0.2) is 0 Å². The lowest BCUT2D eigenvalue weighted by molar-refractivity contribution is 0.669. The van der Waals surface area contributed by atoms with Gasteiger partial charge in [0.25, 0.3) is 0 Å². The van der Waals surface area contributed by atoms with Gasteiger partial charge < -0.3 is 9.32 Å². The van der Waals surface area contributed by atoms with Gasteiger partial charge in [0, 0.05) is 27.7 Å². The van der Waals surface area contributed by atoms with Crippen molar-refractivity contribution in [3.8, 4) is 55.6 Å². The molecule has 60 heavy (non-hydrogen) atoms. The van der Waals surface area contributed by atoms with Gasteiger partial charge >= 0.3 is 0 Å². The van der Waals surface area contributed by atoms with Gasteiger partial charge in [0.05, 0.1) is 27.6 Å². The van der Waals surface area contributed by atoms with E-state index in [1.54, 1.807) is 48.5 Å². The molecule has 0 bridgehead atoms. The van der Waals surface area contributed by atoms with E-state index in [1.807, 2.05) is 89.8 Å². The number of hydrogen-bond donors (Lipinski definition) is 0. The fourth-order valence-corrected chi connectivity index (χ4v) is 7.70. The molecule has 11 aromatic rings. The number of benzene rings is 10. The Labute approximate surface area is 372 Å². The summed E-state index contributed by atoms with van der Waals surface area (Å²) in [6, 6.07) is 36.5. The Hall–Kier alpha value is -7.94. The van der Waals surface area contributed by atoms with Crippen molar-refractivity contribution in [2.24, 2.45) is 0 Å². The predicted octanol–water partition coefficient (Wildman–Crippen LogP) is 16.5. The van der Waals surface area contributed by atoms with Crippen molar-refractivity contribution >= 4 is 49.8 Å². The van der Waals surface area contributed by atoms with Crippen LogP contribution in [0.15, 0.2) is 241 Å². The second kappa shape index (κ2) is 15.1. The molecular formula is C58H39NO. The maximum atomic E-state index is 9.26. The minimum atomic E-state index is -0.501. The second-order valence-electron chi connectivity index (χ2n) is 14.1. The van der Waals surface area contributed by atoms with Crippen LogP contribution in [0.4, 0.5) is 17.1 Å². The van der Waals surface area contributed by atoms with Crippen LogP contribution in [0, 0.1) is 0 Å². The number of fused-ring (bicyclic) bond motifs is 5. The zero-order valence-electron chi connectivity index (χ0n) is 47.6. The van der Waals surface area contributed by atoms with Crippen LogP contribution in [0.3, 0.4) is 0 Å². The molecule has 0 aliphatic rings. The summed E-state index contributed by atoms with van der Waals surface area (Å²) in [5.41, 5.74) is 7.34. The Morgan fingerprint density at radius 3 is 1.65 bits per heavy atom. The third kappa shape index (κ3) is 6.51. The molecule has 2 nitrogen and oxygen atoms in total. The van der Waals surface area contributed by atoms with Crippen LogP contribution < -0.4 is 4.90 Å². The van der Waals surface area contributed by atoms with Gasteiger partial charge in [-0.1, -0.05) is 176 Å². The van der Waals surface area contributed by atoms with Crippen LogP contribution in [-0.2, 0) is 0 Å². The lowest BCUT2D eigenvalue weighted by atomic mass is 9.95. The molecular weight excluding hydrogens is 727 g/mol. The van der Waals surface area contributed by atoms with Crippen LogP contribution in [0.2, 0.25) is 0 Å². The van der Waals surface area contributed by atoms with Crippen molar-refractivity contribution in [2.75, 3.05) is 4.90 Å². The topological polar surface area (TPSA) is 16.4 Å². The highest BCUT2D eigenvalue weighted by Gasteiger charge is 2.19. The molecule has 0 aliphatic heterocycles. The van der Waals surface area contributed by atoms with Gasteiger partial charge in [-0.25, -0.2) is 0 Å². The standard InChI is InChI=1S/C58H39NO/c1-4-13-40(14-5-1)42-23-30-50(31-24-42)59(55-35-28-48(41-15-6-2-7-16-41)39-54(55)44-17-8-3-9-18-44)51-32-25-43(26-33-51)45-19-12-20-46(37-45)47-27-34-52-49(38-47)29-36-57-58(52)53-21-10-11-22-56(53)60-57/h1-39H/i1D,2D,4D,5D,6D,7D,10D,11D,13D,14D,15D,16D,21D,29D,34D,36D. The largest absolute Gasteiger partial charge is 0.456 e. The van der Waals surface area contributed by atoms with E-state index in [9.17, 15) is 1.37 Å². The Bertz CT molecular complexity index is 4180. The normalized spacial score (nSPS) is 15.1. The average molecular weight is 782 g/mol. The fraction of sp³-hybridized carbons (Fsp3) is 0. The maximum Gasteiger partial charge on any atom is 0.136 e. The van der Waals surface area contributed by atoms with Gasteiger partial charge in [0.1, 0.15) is 11.2 Å². The monoisotopic (exact) mass is 781 g/mol. The molecule has 1 aromatic heterocycles. The summed E-state index contributed by atoms with van der Waals surface area (Å²) in [5.74, 6) is 0. The summed E-state index contributed by atoms with van der Waals surface area (Å²) in [7, 11) is 0. The Morgan fingerprint density at radius 2 is 0.933 bits per heavy atom. The number of anilines is 3. The molecule has 282 valence electrons. The highest BCUT2D eigenvalue weighted by atomic mass is 16.3. The van der Waals surface area contributed by atoms with Gasteiger partial charge in [0.2, 0.25) is 0 Å². The van der Waals surface area contributed by atoms with Crippen molar-refractivity contribution in [3.63, 3.8) is 0 Å². The SMILES string of the molecule is [2H]c1cc2oc3c([2H])c([2H])c4cc(-c5cccc(-c6ccc(N(c7ccc(-c8c([2H])c([2H])c([2H])c([2H])c8[2H])cc7)c7ccc(-c8c([2H])c([2H])c([2H])c([2H])c8[2H])cc7-c7ccccc7)cc6)c5)cc([2H])c4c3c2c([2H])c1[2H]. The van der Waals surface area contributed by atoms with Crippen LogP contribution in [0.5, 0.6) is 0 Å². The molecule has 1 heterocycles. The molecule has 0 atom stereocenters. The molecule has 0 saturated heterocycles.